The number of thiophene rings is 1. The van der Waals surface area contributed by atoms with E-state index >= 15 is 0 Å². The smallest absolute Gasteiger partial charge is 0.410 e. The third-order valence-corrected chi connectivity index (χ3v) is 8.54. The molecule has 11 heteroatoms. The largest absolute Gasteiger partial charge is 0.445 e. The van der Waals surface area contributed by atoms with Crippen molar-refractivity contribution in [1.29, 1.82) is 0 Å². The standard InChI is InChI=1S/C31H30N8O2S/c40-31(38-12-10-32-11-13-38)41-25-15-23(33-18-25)6-8-26-16-27-29(42-26)30(35-20-34-27)37-24-7-9-28-22(14-24)17-36-39(28)19-21-4-2-1-3-5-21/h1-5,7,9,14,16-17,20,23,25,32-33H,10-13,15,18-19H2,(H,34,35,37)/t23-,25-/m1/s1. The molecule has 5 heterocycles. The van der Waals surface area contributed by atoms with Gasteiger partial charge in [-0.05, 0) is 29.8 Å². The number of piperazine rings is 1. The van der Waals surface area contributed by atoms with Gasteiger partial charge in [0.15, 0.2) is 5.82 Å². The molecular weight excluding hydrogens is 548 g/mol. The van der Waals surface area contributed by atoms with Crippen molar-refractivity contribution in [2.45, 2.75) is 25.1 Å². The van der Waals surface area contributed by atoms with Gasteiger partial charge in [0.25, 0.3) is 0 Å². The lowest BCUT2D eigenvalue weighted by atomic mass is 10.2. The van der Waals surface area contributed by atoms with Crippen LogP contribution in [-0.4, -0.2) is 75.6 Å². The summed E-state index contributed by atoms with van der Waals surface area (Å²) >= 11 is 1.56. The molecule has 3 N–H and O–H groups in total. The van der Waals surface area contributed by atoms with E-state index in [1.807, 2.05) is 41.2 Å². The molecule has 0 radical (unpaired) electrons. The van der Waals surface area contributed by atoms with Crippen LogP contribution in [0.2, 0.25) is 0 Å². The van der Waals surface area contributed by atoms with Gasteiger partial charge in [-0.25, -0.2) is 14.8 Å². The number of hydrogen-bond acceptors (Lipinski definition) is 9. The average Bonchev–Trinajstić information content (AvgIpc) is 3.76. The number of anilines is 2. The second kappa shape index (κ2) is 11.8. The van der Waals surface area contributed by atoms with Crippen molar-refractivity contribution in [2.75, 3.05) is 38.0 Å². The number of rotatable bonds is 5. The fraction of sp³-hybridized carbons (Fsp3) is 0.290. The summed E-state index contributed by atoms with van der Waals surface area (Å²) in [5.41, 5.74) is 4.06. The zero-order valence-corrected chi connectivity index (χ0v) is 23.7. The molecule has 10 nitrogen and oxygen atoms in total. The Kier molecular flexibility index (Phi) is 7.40. The molecular formula is C31H30N8O2S. The SMILES string of the molecule is O=C(O[C@H]1CN[C@H](C#Cc2cc3ncnc(Nc4ccc5c(cnn5Cc5ccccc5)c4)c3s2)C1)N1CCNCC1. The van der Waals surface area contributed by atoms with Crippen molar-refractivity contribution < 1.29 is 9.53 Å². The summed E-state index contributed by atoms with van der Waals surface area (Å²) in [4.78, 5) is 24.1. The van der Waals surface area contributed by atoms with Crippen molar-refractivity contribution in [2.24, 2.45) is 0 Å². The maximum Gasteiger partial charge on any atom is 0.410 e. The molecule has 2 aliphatic rings. The summed E-state index contributed by atoms with van der Waals surface area (Å²) in [6.07, 6.45) is 3.73. The number of carbonyl (C=O) groups excluding carboxylic acids is 1. The summed E-state index contributed by atoms with van der Waals surface area (Å²) in [6.45, 7) is 4.31. The van der Waals surface area contributed by atoms with Gasteiger partial charge < -0.3 is 20.3 Å². The van der Waals surface area contributed by atoms with Gasteiger partial charge in [-0.2, -0.15) is 5.10 Å². The van der Waals surface area contributed by atoms with E-state index in [-0.39, 0.29) is 18.2 Å². The number of nitrogens with one attached hydrogen (secondary N) is 3. The Morgan fingerprint density at radius 1 is 1.12 bits per heavy atom. The number of fused-ring (bicyclic) bond motifs is 2. The Morgan fingerprint density at radius 2 is 2.00 bits per heavy atom. The normalized spacial score (nSPS) is 18.6. The van der Waals surface area contributed by atoms with Gasteiger partial charge in [-0.3, -0.25) is 10.00 Å². The van der Waals surface area contributed by atoms with Crippen LogP contribution in [0.4, 0.5) is 16.3 Å². The lowest BCUT2D eigenvalue weighted by Gasteiger charge is -2.27. The Labute approximate surface area is 247 Å². The van der Waals surface area contributed by atoms with E-state index in [1.165, 1.54) is 5.56 Å². The second-order valence-corrected chi connectivity index (χ2v) is 11.5. The number of hydrogen-bond donors (Lipinski definition) is 3. The highest BCUT2D eigenvalue weighted by molar-refractivity contribution is 7.20. The first-order chi connectivity index (χ1) is 20.7. The molecule has 1 amide bonds. The number of aromatic nitrogens is 4. The molecule has 2 aromatic carbocycles. The first kappa shape index (κ1) is 26.4. The molecule has 0 unspecified atom stereocenters. The third-order valence-electron chi connectivity index (χ3n) is 7.49. The van der Waals surface area contributed by atoms with E-state index in [0.29, 0.717) is 26.1 Å². The molecule has 212 valence electrons. The van der Waals surface area contributed by atoms with Crippen molar-refractivity contribution >= 4 is 50.1 Å². The molecule has 42 heavy (non-hydrogen) atoms. The lowest BCUT2D eigenvalue weighted by molar-refractivity contribution is 0.0665. The third kappa shape index (κ3) is 5.78. The molecule has 2 fully saturated rings. The van der Waals surface area contributed by atoms with Gasteiger partial charge in [0, 0.05) is 50.2 Å². The predicted molar refractivity (Wildman–Crippen MR) is 164 cm³/mol. The minimum atomic E-state index is -0.236. The van der Waals surface area contributed by atoms with Gasteiger partial charge in [-0.15, -0.1) is 11.3 Å². The number of nitrogens with zero attached hydrogens (tertiary/aromatic N) is 5. The van der Waals surface area contributed by atoms with Crippen molar-refractivity contribution in [3.63, 3.8) is 0 Å². The lowest BCUT2D eigenvalue weighted by Crippen LogP contribution is -2.47. The van der Waals surface area contributed by atoms with Crippen LogP contribution >= 0.6 is 11.3 Å². The van der Waals surface area contributed by atoms with Crippen LogP contribution in [-0.2, 0) is 11.3 Å². The van der Waals surface area contributed by atoms with E-state index in [0.717, 1.165) is 57.1 Å². The molecule has 0 saturated carbocycles. The van der Waals surface area contributed by atoms with Crippen LogP contribution in [0.5, 0.6) is 0 Å². The summed E-state index contributed by atoms with van der Waals surface area (Å²) in [5, 5.41) is 15.7. The van der Waals surface area contributed by atoms with Gasteiger partial charge in [0.2, 0.25) is 0 Å². The van der Waals surface area contributed by atoms with Crippen LogP contribution < -0.4 is 16.0 Å². The van der Waals surface area contributed by atoms with Crippen LogP contribution in [0, 0.1) is 11.8 Å². The summed E-state index contributed by atoms with van der Waals surface area (Å²) in [7, 11) is 0. The number of ether oxygens (including phenoxy) is 1. The van der Waals surface area contributed by atoms with Crippen molar-refractivity contribution in [1.82, 2.24) is 35.3 Å². The fourth-order valence-electron chi connectivity index (χ4n) is 5.31. The molecule has 0 aliphatic carbocycles. The van der Waals surface area contributed by atoms with Crippen molar-refractivity contribution in [3.05, 3.63) is 77.6 Å². The molecule has 3 aromatic heterocycles. The Balaban J connectivity index is 1.02. The van der Waals surface area contributed by atoms with E-state index in [4.69, 9.17) is 4.74 Å². The Hall–Kier alpha value is -4.50. The number of amides is 1. The molecule has 0 spiro atoms. The van der Waals surface area contributed by atoms with E-state index in [9.17, 15) is 4.79 Å². The zero-order chi connectivity index (χ0) is 28.3. The van der Waals surface area contributed by atoms with Crippen LogP contribution in [0.15, 0.2) is 67.1 Å². The number of carbonyl (C=O) groups is 1. The summed E-state index contributed by atoms with van der Waals surface area (Å²) in [5.74, 6) is 7.34. The minimum absolute atomic E-state index is 0.0331. The second-order valence-electron chi connectivity index (χ2n) is 10.4. The maximum absolute atomic E-state index is 12.4. The van der Waals surface area contributed by atoms with Gasteiger partial charge in [0.1, 0.15) is 12.4 Å². The zero-order valence-electron chi connectivity index (χ0n) is 22.9. The first-order valence-electron chi connectivity index (χ1n) is 14.1. The highest BCUT2D eigenvalue weighted by Crippen LogP contribution is 2.31. The van der Waals surface area contributed by atoms with Crippen LogP contribution in [0.1, 0.15) is 16.9 Å². The van der Waals surface area contributed by atoms with Crippen LogP contribution in [0.3, 0.4) is 0 Å². The predicted octanol–water partition coefficient (Wildman–Crippen LogP) is 3.96. The quantitative estimate of drug-likeness (QED) is 0.269. The maximum atomic E-state index is 12.4. The monoisotopic (exact) mass is 578 g/mol. The molecule has 2 aliphatic heterocycles. The average molecular weight is 579 g/mol. The molecule has 5 aromatic rings. The molecule has 2 saturated heterocycles. The highest BCUT2D eigenvalue weighted by atomic mass is 32.1. The van der Waals surface area contributed by atoms with Crippen LogP contribution in [0.25, 0.3) is 21.1 Å². The minimum Gasteiger partial charge on any atom is -0.445 e. The Bertz CT molecular complexity index is 1780. The van der Waals surface area contributed by atoms with Crippen molar-refractivity contribution in [3.8, 4) is 11.8 Å². The molecule has 2 atom stereocenters. The van der Waals surface area contributed by atoms with Gasteiger partial charge in [-0.1, -0.05) is 42.2 Å². The molecule has 0 bridgehead atoms. The van der Waals surface area contributed by atoms with Gasteiger partial charge in [0.05, 0.1) is 39.4 Å². The highest BCUT2D eigenvalue weighted by Gasteiger charge is 2.28. The molecule has 7 rings (SSSR count). The Morgan fingerprint density at radius 3 is 2.88 bits per heavy atom. The summed E-state index contributed by atoms with van der Waals surface area (Å²) < 4.78 is 8.67. The fourth-order valence-corrected chi connectivity index (χ4v) is 6.23. The summed E-state index contributed by atoms with van der Waals surface area (Å²) in [6, 6.07) is 18.5. The van der Waals surface area contributed by atoms with E-state index in [1.54, 1.807) is 22.6 Å². The van der Waals surface area contributed by atoms with E-state index in [2.05, 4.69) is 67.1 Å². The number of benzene rings is 2. The topological polar surface area (TPSA) is 109 Å². The first-order valence-corrected chi connectivity index (χ1v) is 14.9. The van der Waals surface area contributed by atoms with E-state index < -0.39 is 0 Å². The van der Waals surface area contributed by atoms with Gasteiger partial charge >= 0.3 is 6.09 Å².